The number of aryl methyl sites for hydroxylation is 1. The van der Waals surface area contributed by atoms with Crippen molar-refractivity contribution in [3.05, 3.63) is 78.0 Å². The molecule has 0 aliphatic carbocycles. The third kappa shape index (κ3) is 4.84. The average molecular weight is 336 g/mol. The molecule has 3 rings (SSSR count). The highest BCUT2D eigenvalue weighted by molar-refractivity contribution is 5.92. The zero-order valence-electron chi connectivity index (χ0n) is 13.7. The number of anilines is 3. The van der Waals surface area contributed by atoms with E-state index in [9.17, 15) is 9.18 Å². The highest BCUT2D eigenvalue weighted by Gasteiger charge is 2.05. The third-order valence-corrected chi connectivity index (χ3v) is 3.50. The Labute approximate surface area is 145 Å². The Morgan fingerprint density at radius 2 is 1.80 bits per heavy atom. The Bertz CT molecular complexity index is 881. The summed E-state index contributed by atoms with van der Waals surface area (Å²) in [4.78, 5) is 20.3. The molecule has 2 aromatic carbocycles. The molecule has 25 heavy (non-hydrogen) atoms. The lowest BCUT2D eigenvalue weighted by molar-refractivity contribution is -0.115. The lowest BCUT2D eigenvalue weighted by Crippen LogP contribution is -2.14. The van der Waals surface area contributed by atoms with E-state index in [0.717, 1.165) is 16.9 Å². The van der Waals surface area contributed by atoms with E-state index in [1.165, 1.54) is 18.5 Å². The molecule has 0 saturated heterocycles. The summed E-state index contributed by atoms with van der Waals surface area (Å²) in [5.41, 5.74) is 3.09. The van der Waals surface area contributed by atoms with E-state index in [-0.39, 0.29) is 18.1 Å². The minimum Gasteiger partial charge on any atom is -0.340 e. The SMILES string of the molecule is Cc1cc(Nc2cccc(NC(=O)Cc3ccc(F)cc3)c2)ncn1. The van der Waals surface area contributed by atoms with Gasteiger partial charge in [0.2, 0.25) is 5.91 Å². The molecule has 1 heterocycles. The molecular formula is C19H17FN4O. The summed E-state index contributed by atoms with van der Waals surface area (Å²) in [6, 6.07) is 15.1. The number of nitrogens with one attached hydrogen (secondary N) is 2. The van der Waals surface area contributed by atoms with Gasteiger partial charge in [0.1, 0.15) is 18.0 Å². The van der Waals surface area contributed by atoms with E-state index < -0.39 is 0 Å². The number of nitrogens with zero attached hydrogens (tertiary/aromatic N) is 2. The van der Waals surface area contributed by atoms with Crippen molar-refractivity contribution >= 4 is 23.1 Å². The van der Waals surface area contributed by atoms with Crippen molar-refractivity contribution in [1.82, 2.24) is 9.97 Å². The monoisotopic (exact) mass is 336 g/mol. The normalized spacial score (nSPS) is 10.3. The maximum atomic E-state index is 12.9. The van der Waals surface area contributed by atoms with Gasteiger partial charge in [0.15, 0.2) is 0 Å². The number of rotatable bonds is 5. The Kier molecular flexibility index (Phi) is 4.99. The summed E-state index contributed by atoms with van der Waals surface area (Å²) >= 11 is 0. The second-order valence-electron chi connectivity index (χ2n) is 5.60. The topological polar surface area (TPSA) is 66.9 Å². The van der Waals surface area contributed by atoms with Crippen molar-refractivity contribution in [1.29, 1.82) is 0 Å². The minimum atomic E-state index is -0.317. The molecular weight excluding hydrogens is 319 g/mol. The van der Waals surface area contributed by atoms with Crippen LogP contribution in [0, 0.1) is 12.7 Å². The molecule has 0 saturated carbocycles. The lowest BCUT2D eigenvalue weighted by Gasteiger charge is -2.09. The fraction of sp³-hybridized carbons (Fsp3) is 0.105. The van der Waals surface area contributed by atoms with Gasteiger partial charge in [-0.3, -0.25) is 4.79 Å². The quantitative estimate of drug-likeness (QED) is 0.743. The molecule has 0 spiro atoms. The van der Waals surface area contributed by atoms with Crippen molar-refractivity contribution in [2.45, 2.75) is 13.3 Å². The van der Waals surface area contributed by atoms with Gasteiger partial charge in [0.05, 0.1) is 6.42 Å². The van der Waals surface area contributed by atoms with E-state index >= 15 is 0 Å². The molecule has 0 unspecified atom stereocenters. The maximum absolute atomic E-state index is 12.9. The summed E-state index contributed by atoms with van der Waals surface area (Å²) in [5, 5.41) is 6.01. The first-order chi connectivity index (χ1) is 12.1. The summed E-state index contributed by atoms with van der Waals surface area (Å²) in [5.74, 6) is 0.201. The van der Waals surface area contributed by atoms with E-state index in [0.29, 0.717) is 11.5 Å². The van der Waals surface area contributed by atoms with E-state index in [4.69, 9.17) is 0 Å². The molecule has 0 atom stereocenters. The van der Waals surface area contributed by atoms with Gasteiger partial charge in [-0.25, -0.2) is 14.4 Å². The molecule has 0 fully saturated rings. The fourth-order valence-electron chi connectivity index (χ4n) is 2.34. The number of amides is 1. The first-order valence-corrected chi connectivity index (χ1v) is 7.78. The third-order valence-electron chi connectivity index (χ3n) is 3.50. The zero-order chi connectivity index (χ0) is 17.6. The predicted octanol–water partition coefficient (Wildman–Crippen LogP) is 3.85. The fourth-order valence-corrected chi connectivity index (χ4v) is 2.34. The van der Waals surface area contributed by atoms with Gasteiger partial charge in [-0.1, -0.05) is 18.2 Å². The molecule has 0 aliphatic heterocycles. The minimum absolute atomic E-state index is 0.165. The molecule has 1 aromatic heterocycles. The van der Waals surface area contributed by atoms with Crippen LogP contribution in [-0.4, -0.2) is 15.9 Å². The summed E-state index contributed by atoms with van der Waals surface area (Å²) in [7, 11) is 0. The van der Waals surface area contributed by atoms with Gasteiger partial charge in [0, 0.05) is 23.1 Å². The van der Waals surface area contributed by atoms with Crippen LogP contribution >= 0.6 is 0 Å². The Balaban J connectivity index is 1.64. The van der Waals surface area contributed by atoms with Crippen LogP contribution in [0.2, 0.25) is 0 Å². The predicted molar refractivity (Wildman–Crippen MR) is 95.2 cm³/mol. The van der Waals surface area contributed by atoms with Crippen molar-refractivity contribution in [2.75, 3.05) is 10.6 Å². The van der Waals surface area contributed by atoms with Crippen LogP contribution in [0.1, 0.15) is 11.3 Å². The van der Waals surface area contributed by atoms with Crippen molar-refractivity contribution in [2.24, 2.45) is 0 Å². The van der Waals surface area contributed by atoms with Crippen LogP contribution in [0.5, 0.6) is 0 Å². The Hall–Kier alpha value is -3.28. The Morgan fingerprint density at radius 3 is 2.56 bits per heavy atom. The van der Waals surface area contributed by atoms with Crippen molar-refractivity contribution in [3.63, 3.8) is 0 Å². The van der Waals surface area contributed by atoms with Crippen LogP contribution in [0.25, 0.3) is 0 Å². The highest BCUT2D eigenvalue weighted by atomic mass is 19.1. The lowest BCUT2D eigenvalue weighted by atomic mass is 10.1. The maximum Gasteiger partial charge on any atom is 0.228 e. The number of carbonyl (C=O) groups excluding carboxylic acids is 1. The molecule has 0 radical (unpaired) electrons. The van der Waals surface area contributed by atoms with Crippen LogP contribution < -0.4 is 10.6 Å². The Morgan fingerprint density at radius 1 is 1.04 bits per heavy atom. The molecule has 5 nitrogen and oxygen atoms in total. The van der Waals surface area contributed by atoms with E-state index in [2.05, 4.69) is 20.6 Å². The number of aromatic nitrogens is 2. The van der Waals surface area contributed by atoms with Gasteiger partial charge in [0.25, 0.3) is 0 Å². The van der Waals surface area contributed by atoms with Crippen molar-refractivity contribution in [3.8, 4) is 0 Å². The average Bonchev–Trinajstić information content (AvgIpc) is 2.57. The van der Waals surface area contributed by atoms with Gasteiger partial charge in [-0.15, -0.1) is 0 Å². The number of hydrogen-bond donors (Lipinski definition) is 2. The first kappa shape index (κ1) is 16.6. The number of benzene rings is 2. The van der Waals surface area contributed by atoms with Crippen LogP contribution in [0.15, 0.2) is 60.9 Å². The zero-order valence-corrected chi connectivity index (χ0v) is 13.7. The summed E-state index contributed by atoms with van der Waals surface area (Å²) < 4.78 is 12.9. The number of halogens is 1. The molecule has 0 bridgehead atoms. The largest absolute Gasteiger partial charge is 0.340 e. The smallest absolute Gasteiger partial charge is 0.228 e. The second kappa shape index (κ2) is 7.53. The molecule has 126 valence electrons. The number of carbonyl (C=O) groups is 1. The van der Waals surface area contributed by atoms with Gasteiger partial charge in [-0.2, -0.15) is 0 Å². The standard InChI is InChI=1S/C19H17FN4O/c1-13-9-18(22-12-21-13)23-16-3-2-4-17(11-16)24-19(25)10-14-5-7-15(20)8-6-14/h2-9,11-12H,10H2,1H3,(H,24,25)(H,21,22,23). The molecule has 3 aromatic rings. The van der Waals surface area contributed by atoms with Crippen LogP contribution in [0.4, 0.5) is 21.6 Å². The van der Waals surface area contributed by atoms with E-state index in [1.807, 2.05) is 31.2 Å². The molecule has 0 aliphatic rings. The van der Waals surface area contributed by atoms with Gasteiger partial charge < -0.3 is 10.6 Å². The van der Waals surface area contributed by atoms with E-state index in [1.54, 1.807) is 18.2 Å². The van der Waals surface area contributed by atoms with Crippen LogP contribution in [0.3, 0.4) is 0 Å². The second-order valence-corrected chi connectivity index (χ2v) is 5.60. The highest BCUT2D eigenvalue weighted by Crippen LogP contribution is 2.19. The molecule has 6 heteroatoms. The van der Waals surface area contributed by atoms with Crippen molar-refractivity contribution < 1.29 is 9.18 Å². The molecule has 2 N–H and O–H groups in total. The van der Waals surface area contributed by atoms with Gasteiger partial charge >= 0.3 is 0 Å². The summed E-state index contributed by atoms with van der Waals surface area (Å²) in [6.45, 7) is 1.89. The molecule has 1 amide bonds. The first-order valence-electron chi connectivity index (χ1n) is 7.78. The number of hydrogen-bond acceptors (Lipinski definition) is 4. The van der Waals surface area contributed by atoms with Gasteiger partial charge in [-0.05, 0) is 42.8 Å². The summed E-state index contributed by atoms with van der Waals surface area (Å²) in [6.07, 6.45) is 1.68. The van der Waals surface area contributed by atoms with Crippen LogP contribution in [-0.2, 0) is 11.2 Å².